The summed E-state index contributed by atoms with van der Waals surface area (Å²) in [5.41, 5.74) is -0.370. The lowest BCUT2D eigenvalue weighted by Crippen LogP contribution is -2.37. The molecule has 5 nitrogen and oxygen atoms in total. The number of hydrogen-bond donors (Lipinski definition) is 0. The summed E-state index contributed by atoms with van der Waals surface area (Å²) < 4.78 is 49.0. The van der Waals surface area contributed by atoms with Gasteiger partial charge in [0, 0.05) is 13.1 Å². The van der Waals surface area contributed by atoms with E-state index < -0.39 is 23.8 Å². The largest absolute Gasteiger partial charge is 0.480 e. The van der Waals surface area contributed by atoms with Gasteiger partial charge in [0.25, 0.3) is 5.91 Å². The maximum atomic E-state index is 13.0. The van der Waals surface area contributed by atoms with Crippen molar-refractivity contribution in [3.05, 3.63) is 47.3 Å². The summed E-state index contributed by atoms with van der Waals surface area (Å²) in [7, 11) is 1.52. The van der Waals surface area contributed by atoms with Gasteiger partial charge in [0.15, 0.2) is 6.10 Å². The first-order valence-electron chi connectivity index (χ1n) is 7.18. The van der Waals surface area contributed by atoms with E-state index in [1.54, 1.807) is 13.0 Å². The molecule has 0 N–H and O–H groups in total. The number of likely N-dealkylation sites (N-methyl/N-ethyl adjacent to an activating group) is 1. The van der Waals surface area contributed by atoms with Gasteiger partial charge in [0.1, 0.15) is 17.2 Å². The van der Waals surface area contributed by atoms with Gasteiger partial charge in [-0.15, -0.1) is 0 Å². The smallest absolute Gasteiger partial charge is 0.419 e. The third kappa shape index (κ3) is 4.27. The fraction of sp³-hybridized carbons (Fsp3) is 0.375. The molecule has 1 aromatic carbocycles. The molecule has 0 aliphatic rings. The fourth-order valence-electron chi connectivity index (χ4n) is 2.17. The van der Waals surface area contributed by atoms with E-state index in [9.17, 15) is 18.0 Å². The van der Waals surface area contributed by atoms with Gasteiger partial charge in [-0.2, -0.15) is 13.2 Å². The highest BCUT2D eigenvalue weighted by molar-refractivity contribution is 5.80. The Morgan fingerprint density at radius 2 is 2.04 bits per heavy atom. The number of ether oxygens (including phenoxy) is 1. The number of carbonyl (C=O) groups excluding carboxylic acids is 1. The number of nitrogens with zero attached hydrogens (tertiary/aromatic N) is 2. The van der Waals surface area contributed by atoms with E-state index in [1.807, 2.05) is 0 Å². The zero-order chi connectivity index (χ0) is 17.9. The number of aryl methyl sites for hydroxylation is 1. The predicted octanol–water partition coefficient (Wildman–Crippen LogP) is 3.43. The van der Waals surface area contributed by atoms with E-state index in [-0.39, 0.29) is 12.3 Å². The van der Waals surface area contributed by atoms with Crippen molar-refractivity contribution in [3.8, 4) is 5.75 Å². The van der Waals surface area contributed by atoms with Gasteiger partial charge in [0.05, 0.1) is 12.1 Å². The van der Waals surface area contributed by atoms with Gasteiger partial charge >= 0.3 is 6.18 Å². The Bertz CT molecular complexity index is 713. The van der Waals surface area contributed by atoms with E-state index >= 15 is 0 Å². The number of benzene rings is 1. The molecule has 1 heterocycles. The average Bonchev–Trinajstić information content (AvgIpc) is 2.90. The number of alkyl halides is 3. The Labute approximate surface area is 137 Å². The summed E-state index contributed by atoms with van der Waals surface area (Å²) in [6.45, 7) is 3.29. The normalized spacial score (nSPS) is 12.8. The van der Waals surface area contributed by atoms with Crippen LogP contribution < -0.4 is 4.74 Å². The third-order valence-corrected chi connectivity index (χ3v) is 3.30. The highest BCUT2D eigenvalue weighted by atomic mass is 19.4. The van der Waals surface area contributed by atoms with Crippen LogP contribution in [0.3, 0.4) is 0 Å². The second kappa shape index (κ2) is 6.94. The van der Waals surface area contributed by atoms with Gasteiger partial charge in [-0.3, -0.25) is 4.79 Å². The van der Waals surface area contributed by atoms with Gasteiger partial charge in [-0.25, -0.2) is 0 Å². The SMILES string of the molecule is Cc1cc(CN(C)C(=O)[C@H](C)Oc2ccccc2C(F)(F)F)no1. The maximum Gasteiger partial charge on any atom is 0.419 e. The van der Waals surface area contributed by atoms with Crippen molar-refractivity contribution in [2.45, 2.75) is 32.7 Å². The van der Waals surface area contributed by atoms with Crippen LogP contribution in [0.15, 0.2) is 34.9 Å². The molecule has 1 atom stereocenters. The first-order valence-corrected chi connectivity index (χ1v) is 7.18. The number of rotatable bonds is 5. The standard InChI is InChI=1S/C16H17F3N2O3/c1-10-8-12(20-24-10)9-21(3)15(22)11(2)23-14-7-5-4-6-13(14)16(17,18)19/h4-8,11H,9H2,1-3H3/t11-/m0/s1. The van der Waals surface area contributed by atoms with Gasteiger partial charge in [0.2, 0.25) is 0 Å². The molecular formula is C16H17F3N2O3. The van der Waals surface area contributed by atoms with Gasteiger partial charge in [-0.05, 0) is 26.0 Å². The van der Waals surface area contributed by atoms with E-state index in [0.29, 0.717) is 11.5 Å². The zero-order valence-corrected chi connectivity index (χ0v) is 13.4. The molecule has 0 fully saturated rings. The Kier molecular flexibility index (Phi) is 5.16. The molecule has 0 saturated carbocycles. The summed E-state index contributed by atoms with van der Waals surface area (Å²) in [4.78, 5) is 13.6. The molecule has 0 unspecified atom stereocenters. The first kappa shape index (κ1) is 17.8. The van der Waals surface area contributed by atoms with E-state index in [1.165, 1.54) is 37.1 Å². The van der Waals surface area contributed by atoms with Crippen molar-refractivity contribution in [2.24, 2.45) is 0 Å². The number of carbonyl (C=O) groups is 1. The molecule has 24 heavy (non-hydrogen) atoms. The molecule has 1 aromatic heterocycles. The average molecular weight is 342 g/mol. The minimum absolute atomic E-state index is 0.171. The molecule has 0 saturated heterocycles. The number of hydrogen-bond acceptors (Lipinski definition) is 4. The van der Waals surface area contributed by atoms with Crippen LogP contribution in [0.5, 0.6) is 5.75 Å². The first-order chi connectivity index (χ1) is 11.2. The van der Waals surface area contributed by atoms with Crippen LogP contribution >= 0.6 is 0 Å². The van der Waals surface area contributed by atoms with E-state index in [4.69, 9.17) is 9.26 Å². The van der Waals surface area contributed by atoms with Crippen LogP contribution in [-0.2, 0) is 17.5 Å². The lowest BCUT2D eigenvalue weighted by molar-refractivity contribution is -0.143. The molecule has 1 amide bonds. The highest BCUT2D eigenvalue weighted by Crippen LogP contribution is 2.36. The maximum absolute atomic E-state index is 13.0. The minimum atomic E-state index is -4.55. The highest BCUT2D eigenvalue weighted by Gasteiger charge is 2.35. The molecular weight excluding hydrogens is 325 g/mol. The number of halogens is 3. The molecule has 8 heteroatoms. The third-order valence-electron chi connectivity index (χ3n) is 3.30. The molecule has 0 radical (unpaired) electrons. The second-order valence-corrected chi connectivity index (χ2v) is 5.38. The minimum Gasteiger partial charge on any atom is -0.480 e. The number of aromatic nitrogens is 1. The van der Waals surface area contributed by atoms with Crippen LogP contribution in [0.2, 0.25) is 0 Å². The Hall–Kier alpha value is -2.51. The topological polar surface area (TPSA) is 55.6 Å². The Morgan fingerprint density at radius 3 is 2.62 bits per heavy atom. The van der Waals surface area contributed by atoms with Crippen LogP contribution in [0.4, 0.5) is 13.2 Å². The molecule has 130 valence electrons. The summed E-state index contributed by atoms with van der Waals surface area (Å²) >= 11 is 0. The van der Waals surface area contributed by atoms with Crippen LogP contribution in [0.1, 0.15) is 23.9 Å². The van der Waals surface area contributed by atoms with Crippen molar-refractivity contribution in [1.82, 2.24) is 10.1 Å². The van der Waals surface area contributed by atoms with E-state index in [2.05, 4.69) is 5.16 Å². The lowest BCUT2D eigenvalue weighted by atomic mass is 10.2. The molecule has 0 bridgehead atoms. The second-order valence-electron chi connectivity index (χ2n) is 5.38. The fourth-order valence-corrected chi connectivity index (χ4v) is 2.17. The lowest BCUT2D eigenvalue weighted by Gasteiger charge is -2.22. The summed E-state index contributed by atoms with van der Waals surface area (Å²) in [6, 6.07) is 6.46. The van der Waals surface area contributed by atoms with Crippen molar-refractivity contribution in [1.29, 1.82) is 0 Å². The number of para-hydroxylation sites is 1. The predicted molar refractivity (Wildman–Crippen MR) is 79.2 cm³/mol. The van der Waals surface area contributed by atoms with Crippen molar-refractivity contribution < 1.29 is 27.2 Å². The summed E-state index contributed by atoms with van der Waals surface area (Å²) in [5, 5.41) is 3.77. The number of amides is 1. The summed E-state index contributed by atoms with van der Waals surface area (Å²) in [5.74, 6) is -0.238. The Balaban J connectivity index is 2.06. The summed E-state index contributed by atoms with van der Waals surface area (Å²) in [6.07, 6.45) is -5.63. The van der Waals surface area contributed by atoms with Crippen molar-refractivity contribution >= 4 is 5.91 Å². The molecule has 0 aliphatic carbocycles. The van der Waals surface area contributed by atoms with Crippen LogP contribution in [0.25, 0.3) is 0 Å². The van der Waals surface area contributed by atoms with Crippen LogP contribution in [-0.4, -0.2) is 29.1 Å². The van der Waals surface area contributed by atoms with Gasteiger partial charge < -0.3 is 14.2 Å². The quantitative estimate of drug-likeness (QED) is 0.835. The molecule has 0 aliphatic heterocycles. The van der Waals surface area contributed by atoms with Gasteiger partial charge in [-0.1, -0.05) is 17.3 Å². The molecule has 2 rings (SSSR count). The van der Waals surface area contributed by atoms with E-state index in [0.717, 1.165) is 6.07 Å². The zero-order valence-electron chi connectivity index (χ0n) is 13.4. The monoisotopic (exact) mass is 342 g/mol. The van der Waals surface area contributed by atoms with Crippen molar-refractivity contribution in [3.63, 3.8) is 0 Å². The van der Waals surface area contributed by atoms with Crippen molar-refractivity contribution in [2.75, 3.05) is 7.05 Å². The Morgan fingerprint density at radius 1 is 1.38 bits per heavy atom. The molecule has 0 spiro atoms. The molecule has 2 aromatic rings. The van der Waals surface area contributed by atoms with Crippen LogP contribution in [0, 0.1) is 6.92 Å².